The lowest BCUT2D eigenvalue weighted by atomic mass is 10.2. The molecule has 14 heavy (non-hydrogen) atoms. The first-order valence-electron chi connectivity index (χ1n) is 6.03. The molecule has 0 fully saturated rings. The van der Waals surface area contributed by atoms with Crippen LogP contribution in [0.2, 0.25) is 0 Å². The van der Waals surface area contributed by atoms with Crippen LogP contribution in [-0.4, -0.2) is 32.7 Å². The molecule has 4 N–H and O–H groups in total. The Hall–Kier alpha value is -0.120. The fourth-order valence-electron chi connectivity index (χ4n) is 1.33. The molecule has 0 saturated carbocycles. The van der Waals surface area contributed by atoms with Crippen LogP contribution in [0, 0.1) is 0 Å². The summed E-state index contributed by atoms with van der Waals surface area (Å²) in [5.41, 5.74) is 5.38. The number of nitrogens with two attached hydrogens (primary N) is 1. The van der Waals surface area contributed by atoms with Gasteiger partial charge in [-0.3, -0.25) is 0 Å². The summed E-state index contributed by atoms with van der Waals surface area (Å²) in [6.07, 6.45) is 6.45. The third-order valence-electron chi connectivity index (χ3n) is 2.24. The largest absolute Gasteiger partial charge is 0.330 e. The van der Waals surface area contributed by atoms with Crippen molar-refractivity contribution in [1.29, 1.82) is 0 Å². The van der Waals surface area contributed by atoms with Gasteiger partial charge >= 0.3 is 0 Å². The summed E-state index contributed by atoms with van der Waals surface area (Å²) in [5.74, 6) is 0. The van der Waals surface area contributed by atoms with Gasteiger partial charge in [-0.05, 0) is 32.5 Å². The van der Waals surface area contributed by atoms with E-state index in [-0.39, 0.29) is 0 Å². The summed E-state index contributed by atoms with van der Waals surface area (Å²) < 4.78 is 0. The van der Waals surface area contributed by atoms with E-state index < -0.39 is 0 Å². The Morgan fingerprint density at radius 3 is 2.00 bits per heavy atom. The van der Waals surface area contributed by atoms with Crippen LogP contribution in [-0.2, 0) is 0 Å². The summed E-state index contributed by atoms with van der Waals surface area (Å²) in [6.45, 7) is 7.39. The maximum absolute atomic E-state index is 5.38. The van der Waals surface area contributed by atoms with E-state index in [1.165, 1.54) is 32.2 Å². The Morgan fingerprint density at radius 2 is 1.43 bits per heavy atom. The Labute approximate surface area is 88.8 Å². The highest BCUT2D eigenvalue weighted by molar-refractivity contribution is 4.53. The van der Waals surface area contributed by atoms with Crippen LogP contribution in [0.25, 0.3) is 0 Å². The minimum absolute atomic E-state index is 0.789. The smallest absolute Gasteiger partial charge is 0.00767 e. The van der Waals surface area contributed by atoms with Crippen molar-refractivity contribution in [2.24, 2.45) is 5.73 Å². The number of rotatable bonds is 11. The van der Waals surface area contributed by atoms with E-state index >= 15 is 0 Å². The number of hydrogen-bond donors (Lipinski definition) is 3. The normalized spacial score (nSPS) is 10.7. The molecule has 0 radical (unpaired) electrons. The van der Waals surface area contributed by atoms with Crippen molar-refractivity contribution in [1.82, 2.24) is 10.6 Å². The summed E-state index contributed by atoms with van der Waals surface area (Å²) >= 11 is 0. The Morgan fingerprint density at radius 1 is 0.786 bits per heavy atom. The van der Waals surface area contributed by atoms with Crippen LogP contribution < -0.4 is 16.4 Å². The molecule has 0 aliphatic rings. The zero-order chi connectivity index (χ0) is 10.5. The lowest BCUT2D eigenvalue weighted by molar-refractivity contribution is 0.568. The highest BCUT2D eigenvalue weighted by atomic mass is 14.9. The average molecular weight is 201 g/mol. The van der Waals surface area contributed by atoms with Crippen LogP contribution in [0.5, 0.6) is 0 Å². The Bertz CT molecular complexity index is 84.5. The first-order chi connectivity index (χ1) is 6.91. The third-order valence-corrected chi connectivity index (χ3v) is 2.24. The van der Waals surface area contributed by atoms with Crippen LogP contribution in [0.3, 0.4) is 0 Å². The average Bonchev–Trinajstić information content (AvgIpc) is 2.21. The summed E-state index contributed by atoms with van der Waals surface area (Å²) in [5, 5.41) is 6.77. The molecule has 86 valence electrons. The minimum atomic E-state index is 0.789. The standard InChI is InChI=1S/C11H27N3/c1-2-3-4-5-8-13-10-11-14-9-6-7-12/h13-14H,2-12H2,1H3. The number of hydrogen-bond acceptors (Lipinski definition) is 3. The molecule has 3 heteroatoms. The Balaban J connectivity index is 2.78. The van der Waals surface area contributed by atoms with Gasteiger partial charge in [0.25, 0.3) is 0 Å². The predicted molar refractivity (Wildman–Crippen MR) is 63.6 cm³/mol. The van der Waals surface area contributed by atoms with Crippen molar-refractivity contribution >= 4 is 0 Å². The van der Waals surface area contributed by atoms with Crippen molar-refractivity contribution < 1.29 is 0 Å². The van der Waals surface area contributed by atoms with Gasteiger partial charge in [-0.2, -0.15) is 0 Å². The van der Waals surface area contributed by atoms with E-state index in [0.717, 1.165) is 32.6 Å². The molecule has 0 aromatic rings. The maximum Gasteiger partial charge on any atom is 0.00767 e. The van der Waals surface area contributed by atoms with Gasteiger partial charge in [0.1, 0.15) is 0 Å². The molecule has 0 spiro atoms. The summed E-state index contributed by atoms with van der Waals surface area (Å²) in [7, 11) is 0. The van der Waals surface area contributed by atoms with Gasteiger partial charge in [0.05, 0.1) is 0 Å². The van der Waals surface area contributed by atoms with Crippen LogP contribution in [0.1, 0.15) is 39.0 Å². The highest BCUT2D eigenvalue weighted by Crippen LogP contribution is 1.96. The zero-order valence-corrected chi connectivity index (χ0v) is 9.65. The van der Waals surface area contributed by atoms with Crippen molar-refractivity contribution in [3.05, 3.63) is 0 Å². The minimum Gasteiger partial charge on any atom is -0.330 e. The first-order valence-corrected chi connectivity index (χ1v) is 6.03. The molecule has 0 amide bonds. The van der Waals surface area contributed by atoms with E-state index in [9.17, 15) is 0 Å². The molecule has 0 rings (SSSR count). The van der Waals surface area contributed by atoms with E-state index in [2.05, 4.69) is 17.6 Å². The quantitative estimate of drug-likeness (QED) is 0.439. The fourth-order valence-corrected chi connectivity index (χ4v) is 1.33. The molecule has 0 aliphatic heterocycles. The summed E-state index contributed by atoms with van der Waals surface area (Å²) in [4.78, 5) is 0. The molecule has 0 bridgehead atoms. The van der Waals surface area contributed by atoms with Gasteiger partial charge < -0.3 is 16.4 Å². The second kappa shape index (κ2) is 12.9. The molecule has 0 aromatic heterocycles. The van der Waals surface area contributed by atoms with Gasteiger partial charge in [-0.1, -0.05) is 26.2 Å². The molecular weight excluding hydrogens is 174 g/mol. The van der Waals surface area contributed by atoms with Crippen molar-refractivity contribution in [3.8, 4) is 0 Å². The molecular formula is C11H27N3. The van der Waals surface area contributed by atoms with Crippen LogP contribution in [0.15, 0.2) is 0 Å². The van der Waals surface area contributed by atoms with Crippen LogP contribution in [0.4, 0.5) is 0 Å². The van der Waals surface area contributed by atoms with Gasteiger partial charge in [0, 0.05) is 13.1 Å². The van der Waals surface area contributed by atoms with E-state index in [4.69, 9.17) is 5.73 Å². The highest BCUT2D eigenvalue weighted by Gasteiger charge is 1.89. The predicted octanol–water partition coefficient (Wildman–Crippen LogP) is 1.09. The van der Waals surface area contributed by atoms with Gasteiger partial charge in [0.15, 0.2) is 0 Å². The van der Waals surface area contributed by atoms with E-state index in [0.29, 0.717) is 0 Å². The molecule has 0 atom stereocenters. The van der Waals surface area contributed by atoms with Gasteiger partial charge in [-0.15, -0.1) is 0 Å². The number of nitrogens with one attached hydrogen (secondary N) is 2. The van der Waals surface area contributed by atoms with Crippen molar-refractivity contribution in [2.45, 2.75) is 39.0 Å². The number of unbranched alkanes of at least 4 members (excludes halogenated alkanes) is 3. The topological polar surface area (TPSA) is 50.1 Å². The van der Waals surface area contributed by atoms with E-state index in [1.807, 2.05) is 0 Å². The first kappa shape index (κ1) is 13.9. The van der Waals surface area contributed by atoms with Gasteiger partial charge in [0.2, 0.25) is 0 Å². The Kier molecular flexibility index (Phi) is 12.8. The molecule has 0 aliphatic carbocycles. The van der Waals surface area contributed by atoms with Gasteiger partial charge in [-0.25, -0.2) is 0 Å². The second-order valence-electron chi connectivity index (χ2n) is 3.70. The summed E-state index contributed by atoms with van der Waals surface area (Å²) in [6, 6.07) is 0. The van der Waals surface area contributed by atoms with E-state index in [1.54, 1.807) is 0 Å². The van der Waals surface area contributed by atoms with Crippen molar-refractivity contribution in [3.63, 3.8) is 0 Å². The lowest BCUT2D eigenvalue weighted by Crippen LogP contribution is -2.29. The zero-order valence-electron chi connectivity index (χ0n) is 9.65. The molecule has 0 saturated heterocycles. The third kappa shape index (κ3) is 11.9. The fraction of sp³-hybridized carbons (Fsp3) is 1.00. The second-order valence-corrected chi connectivity index (χ2v) is 3.70. The molecule has 3 nitrogen and oxygen atoms in total. The van der Waals surface area contributed by atoms with Crippen LogP contribution >= 0.6 is 0 Å². The SMILES string of the molecule is CCCCCCNCCNCCCN. The molecule has 0 heterocycles. The maximum atomic E-state index is 5.38. The monoisotopic (exact) mass is 201 g/mol. The lowest BCUT2D eigenvalue weighted by Gasteiger charge is -2.05. The van der Waals surface area contributed by atoms with Crippen molar-refractivity contribution in [2.75, 3.05) is 32.7 Å². The molecule has 0 unspecified atom stereocenters. The molecule has 0 aromatic carbocycles.